The molecule has 0 aliphatic rings. The first-order chi connectivity index (χ1) is 34.9. The van der Waals surface area contributed by atoms with Crippen molar-refractivity contribution >= 4 is 43.6 Å². The van der Waals surface area contributed by atoms with Crippen molar-refractivity contribution < 1.29 is 26.3 Å². The predicted molar refractivity (Wildman–Crippen MR) is 259 cm³/mol. The highest BCUT2D eigenvalue weighted by Crippen LogP contribution is 2.49. The zero-order valence-corrected chi connectivity index (χ0v) is 36.9. The summed E-state index contributed by atoms with van der Waals surface area (Å²) < 4.78 is 97.0. The molecule has 12 rings (SSSR count). The summed E-state index contributed by atoms with van der Waals surface area (Å²) in [6.07, 6.45) is 1.92. The van der Waals surface area contributed by atoms with E-state index in [1.54, 1.807) is 132 Å². The molecule has 0 aliphatic heterocycles. The van der Waals surface area contributed by atoms with Crippen LogP contribution in [-0.4, -0.2) is 49.0 Å². The Hall–Kier alpha value is -9.69. The molecule has 11 nitrogen and oxygen atoms in total. The van der Waals surface area contributed by atoms with Gasteiger partial charge >= 0.3 is 12.4 Å². The molecule has 0 amide bonds. The van der Waals surface area contributed by atoms with Gasteiger partial charge in [0, 0.05) is 105 Å². The minimum atomic E-state index is -5.29. The van der Waals surface area contributed by atoms with E-state index in [0.717, 1.165) is 6.07 Å². The summed E-state index contributed by atoms with van der Waals surface area (Å²) >= 11 is 0. The Morgan fingerprint density at radius 1 is 0.375 bits per heavy atom. The minimum Gasteiger partial charge on any atom is -0.309 e. The van der Waals surface area contributed by atoms with Crippen molar-refractivity contribution in [1.29, 1.82) is 5.26 Å². The van der Waals surface area contributed by atoms with Crippen LogP contribution >= 0.6 is 0 Å². The number of halogens is 6. The molecule has 0 spiro atoms. The molecule has 12 aromatic rings. The van der Waals surface area contributed by atoms with Crippen molar-refractivity contribution in [2.45, 2.75) is 12.4 Å². The number of alkyl halides is 6. The van der Waals surface area contributed by atoms with Crippen LogP contribution < -0.4 is 0 Å². The smallest absolute Gasteiger partial charge is 0.309 e. The van der Waals surface area contributed by atoms with E-state index in [0.29, 0.717) is 101 Å². The number of nitriles is 1. The summed E-state index contributed by atoms with van der Waals surface area (Å²) in [5.74, 6) is 1.34. The Balaban J connectivity index is 1.26. The second-order valence-electron chi connectivity index (χ2n) is 16.6. The molecule has 0 bridgehead atoms. The van der Waals surface area contributed by atoms with Gasteiger partial charge in [0.15, 0.2) is 23.3 Å². The molecule has 0 saturated carbocycles. The van der Waals surface area contributed by atoms with E-state index in [1.165, 1.54) is 12.1 Å². The van der Waals surface area contributed by atoms with Crippen molar-refractivity contribution in [2.24, 2.45) is 0 Å². The van der Waals surface area contributed by atoms with E-state index < -0.39 is 34.6 Å². The number of rotatable bonds is 7. The highest BCUT2D eigenvalue weighted by Gasteiger charge is 2.42. The first-order valence-electron chi connectivity index (χ1n) is 22.1. The first-order valence-corrected chi connectivity index (χ1v) is 22.1. The van der Waals surface area contributed by atoms with Gasteiger partial charge in [-0.05, 0) is 72.8 Å². The van der Waals surface area contributed by atoms with Crippen LogP contribution in [0.25, 0.3) is 112 Å². The maximum atomic E-state index is 15.6. The van der Waals surface area contributed by atoms with Crippen LogP contribution in [0, 0.1) is 11.3 Å². The van der Waals surface area contributed by atoms with Crippen molar-refractivity contribution in [3.8, 4) is 74.1 Å². The number of nitrogens with zero attached hydrogens (tertiary/aromatic N) is 11. The van der Waals surface area contributed by atoms with Crippen molar-refractivity contribution in [3.05, 3.63) is 194 Å². The Kier molecular flexibility index (Phi) is 10.2. The lowest BCUT2D eigenvalue weighted by Gasteiger charge is -2.24. The SMILES string of the molecule is N#Cc1cc(-n2c3cc(-c4ncccn4)ccc3c3ccc(-c4ncccn4)cc32)c(-c2c(C(F)(F)F)cccc2C(F)(F)F)cc1-n1c2cc(-c3ncccn3)ccc2c2ccc(-c3ncccn3)cc21. The third kappa shape index (κ3) is 7.31. The highest BCUT2D eigenvalue weighted by atomic mass is 19.4. The lowest BCUT2D eigenvalue weighted by atomic mass is 9.90. The Labute approximate surface area is 403 Å². The molecule has 6 aromatic carbocycles. The van der Waals surface area contributed by atoms with Crippen LogP contribution in [0.15, 0.2) is 177 Å². The van der Waals surface area contributed by atoms with Gasteiger partial charge < -0.3 is 9.13 Å². The van der Waals surface area contributed by atoms with E-state index in [4.69, 9.17) is 0 Å². The summed E-state index contributed by atoms with van der Waals surface area (Å²) in [6, 6.07) is 34.9. The van der Waals surface area contributed by atoms with Crippen LogP contribution in [0.4, 0.5) is 26.3 Å². The molecule has 6 aromatic heterocycles. The summed E-state index contributed by atoms with van der Waals surface area (Å²) in [5, 5.41) is 13.9. The molecule has 6 heterocycles. The zero-order chi connectivity index (χ0) is 49.3. The van der Waals surface area contributed by atoms with Gasteiger partial charge in [0.2, 0.25) is 0 Å². The van der Waals surface area contributed by atoms with Crippen LogP contribution in [0.5, 0.6) is 0 Å². The van der Waals surface area contributed by atoms with Crippen LogP contribution in [-0.2, 0) is 12.4 Å². The molecule has 0 aliphatic carbocycles. The minimum absolute atomic E-state index is 0.0175. The van der Waals surface area contributed by atoms with Gasteiger partial charge in [-0.15, -0.1) is 0 Å². The fourth-order valence-corrected chi connectivity index (χ4v) is 9.46. The number of aromatic nitrogens is 10. The fraction of sp³-hybridized carbons (Fsp3) is 0.0364. The third-order valence-electron chi connectivity index (χ3n) is 12.5. The van der Waals surface area contributed by atoms with E-state index in [2.05, 4.69) is 45.9 Å². The summed E-state index contributed by atoms with van der Waals surface area (Å²) in [6.45, 7) is 0. The van der Waals surface area contributed by atoms with Crippen LogP contribution in [0.2, 0.25) is 0 Å². The van der Waals surface area contributed by atoms with Gasteiger partial charge in [-0.25, -0.2) is 39.9 Å². The average molecular weight is 958 g/mol. The Morgan fingerprint density at radius 3 is 1.00 bits per heavy atom. The largest absolute Gasteiger partial charge is 0.417 e. The standard InChI is InChI=1S/C55H29F6N11/c56-54(57,58)41-6-1-7-42(55(59,60)61)49(41)40-29-43(71-44-24-31(50-63-16-2-17-64-50)8-12-36(44)37-13-9-32(25-45(37)71)51-65-18-3-19-66-51)35(30-62)28-48(40)72-46-26-33(52-67-20-4-21-68-52)10-14-38(46)39-15-11-34(27-47(39)72)53-69-22-5-23-70-53/h1-29H. The number of fused-ring (bicyclic) bond motifs is 6. The second-order valence-corrected chi connectivity index (χ2v) is 16.6. The summed E-state index contributed by atoms with van der Waals surface area (Å²) in [5.41, 5.74) is -1.21. The topological polar surface area (TPSA) is 137 Å². The van der Waals surface area contributed by atoms with Crippen LogP contribution in [0.1, 0.15) is 16.7 Å². The van der Waals surface area contributed by atoms with Crippen molar-refractivity contribution in [1.82, 2.24) is 49.0 Å². The molecular formula is C55H29F6N11. The summed E-state index contributed by atoms with van der Waals surface area (Å²) in [7, 11) is 0. The van der Waals surface area contributed by atoms with Gasteiger partial charge in [0.05, 0.1) is 50.1 Å². The molecule has 0 N–H and O–H groups in total. The predicted octanol–water partition coefficient (Wildman–Crippen LogP) is 13.3. The summed E-state index contributed by atoms with van der Waals surface area (Å²) in [4.78, 5) is 35.5. The molecule has 72 heavy (non-hydrogen) atoms. The van der Waals surface area contributed by atoms with E-state index in [9.17, 15) is 5.26 Å². The lowest BCUT2D eigenvalue weighted by molar-refractivity contribution is -0.142. The van der Waals surface area contributed by atoms with Gasteiger partial charge in [-0.2, -0.15) is 31.6 Å². The van der Waals surface area contributed by atoms with Gasteiger partial charge in [-0.1, -0.05) is 54.6 Å². The molecule has 346 valence electrons. The van der Waals surface area contributed by atoms with E-state index in [-0.39, 0.29) is 16.9 Å². The fourth-order valence-electron chi connectivity index (χ4n) is 9.46. The monoisotopic (exact) mass is 957 g/mol. The van der Waals surface area contributed by atoms with Gasteiger partial charge in [0.25, 0.3) is 0 Å². The number of hydrogen-bond donors (Lipinski definition) is 0. The van der Waals surface area contributed by atoms with Gasteiger partial charge in [0.1, 0.15) is 6.07 Å². The quantitative estimate of drug-likeness (QED) is 0.143. The first kappa shape index (κ1) is 43.6. The molecule has 0 fully saturated rings. The molecule has 17 heteroatoms. The maximum Gasteiger partial charge on any atom is 0.417 e. The Morgan fingerprint density at radius 2 is 0.694 bits per heavy atom. The molecule has 0 unspecified atom stereocenters. The third-order valence-corrected chi connectivity index (χ3v) is 12.5. The van der Waals surface area contributed by atoms with E-state index in [1.807, 2.05) is 24.3 Å². The normalized spacial score (nSPS) is 12.0. The Bertz CT molecular complexity index is 3910. The van der Waals surface area contributed by atoms with Crippen molar-refractivity contribution in [3.63, 3.8) is 0 Å². The molecule has 0 saturated heterocycles. The molecular weight excluding hydrogens is 929 g/mol. The molecule has 0 atom stereocenters. The van der Waals surface area contributed by atoms with Gasteiger partial charge in [-0.3, -0.25) is 0 Å². The van der Waals surface area contributed by atoms with Crippen molar-refractivity contribution in [2.75, 3.05) is 0 Å². The number of benzene rings is 6. The highest BCUT2D eigenvalue weighted by molar-refractivity contribution is 6.13. The average Bonchev–Trinajstić information content (AvgIpc) is 3.91. The second kappa shape index (κ2) is 16.8. The lowest BCUT2D eigenvalue weighted by Crippen LogP contribution is -2.15. The zero-order valence-electron chi connectivity index (χ0n) is 36.9. The van der Waals surface area contributed by atoms with Crippen LogP contribution in [0.3, 0.4) is 0 Å². The number of hydrogen-bond acceptors (Lipinski definition) is 9. The van der Waals surface area contributed by atoms with E-state index >= 15 is 26.3 Å². The molecule has 0 radical (unpaired) electrons. The maximum absolute atomic E-state index is 15.6.